The summed E-state index contributed by atoms with van der Waals surface area (Å²) in [5.41, 5.74) is 0.535. The molecular weight excluding hydrogens is 369 g/mol. The Kier molecular flexibility index (Phi) is 4.91. The number of benzene rings is 1. The van der Waals surface area contributed by atoms with E-state index in [2.05, 4.69) is 14.3 Å². The van der Waals surface area contributed by atoms with Gasteiger partial charge in [-0.3, -0.25) is 4.98 Å². The minimum Gasteiger partial charge on any atom is -0.466 e. The molecule has 0 aliphatic rings. The molecular formula is C15H12FN3O4S2. The normalized spacial score (nSPS) is 11.3. The van der Waals surface area contributed by atoms with Gasteiger partial charge in [-0.15, -0.1) is 4.37 Å². The number of ether oxygens (including phenoxy) is 2. The molecule has 0 aliphatic carbocycles. The number of aromatic nitrogens is 3. The monoisotopic (exact) mass is 381 g/mol. The molecule has 0 aliphatic heterocycles. The van der Waals surface area contributed by atoms with Crippen LogP contribution in [0.1, 0.15) is 5.56 Å². The van der Waals surface area contributed by atoms with Gasteiger partial charge in [0.05, 0.1) is 19.1 Å². The lowest BCUT2D eigenvalue weighted by molar-refractivity contribution is 0.383. The van der Waals surface area contributed by atoms with Gasteiger partial charge in [-0.1, -0.05) is 12.1 Å². The van der Waals surface area contributed by atoms with Crippen LogP contribution in [0.3, 0.4) is 0 Å². The van der Waals surface area contributed by atoms with E-state index in [0.717, 1.165) is 11.5 Å². The van der Waals surface area contributed by atoms with E-state index in [1.54, 1.807) is 24.3 Å². The van der Waals surface area contributed by atoms with Crippen molar-refractivity contribution in [2.45, 2.75) is 10.1 Å². The van der Waals surface area contributed by atoms with Crippen LogP contribution in [0.15, 0.2) is 47.1 Å². The molecule has 0 spiro atoms. The molecule has 7 nitrogen and oxygen atoms in total. The van der Waals surface area contributed by atoms with Gasteiger partial charge in [0.25, 0.3) is 0 Å². The lowest BCUT2D eigenvalue weighted by atomic mass is 10.2. The zero-order chi connectivity index (χ0) is 17.9. The number of hydrogen-bond donors (Lipinski definition) is 0. The first-order valence-corrected chi connectivity index (χ1v) is 9.37. The average Bonchev–Trinajstić information content (AvgIpc) is 3.09. The Balaban J connectivity index is 1.73. The molecule has 0 atom stereocenters. The predicted molar refractivity (Wildman–Crippen MR) is 88.1 cm³/mol. The molecule has 0 radical (unpaired) electrons. The molecule has 0 fully saturated rings. The van der Waals surface area contributed by atoms with Crippen molar-refractivity contribution < 1.29 is 22.3 Å². The average molecular weight is 381 g/mol. The zero-order valence-electron chi connectivity index (χ0n) is 12.9. The summed E-state index contributed by atoms with van der Waals surface area (Å²) < 4.78 is 52.0. The Morgan fingerprint density at radius 3 is 2.60 bits per heavy atom. The van der Waals surface area contributed by atoms with Gasteiger partial charge in [-0.05, 0) is 23.8 Å². The van der Waals surface area contributed by atoms with Gasteiger partial charge in [0.2, 0.25) is 14.2 Å². The van der Waals surface area contributed by atoms with Gasteiger partial charge < -0.3 is 9.47 Å². The van der Waals surface area contributed by atoms with Gasteiger partial charge in [-0.2, -0.15) is 4.98 Å². The van der Waals surface area contributed by atoms with Gasteiger partial charge in [0, 0.05) is 17.7 Å². The number of rotatable bonds is 6. The quantitative estimate of drug-likeness (QED) is 0.648. The van der Waals surface area contributed by atoms with E-state index in [0.29, 0.717) is 11.3 Å². The van der Waals surface area contributed by atoms with Crippen LogP contribution in [0.2, 0.25) is 0 Å². The van der Waals surface area contributed by atoms with Gasteiger partial charge >= 0.3 is 6.01 Å². The summed E-state index contributed by atoms with van der Waals surface area (Å²) in [6, 6.07) is 7.48. The van der Waals surface area contributed by atoms with Crippen molar-refractivity contribution in [3.8, 4) is 17.5 Å². The van der Waals surface area contributed by atoms with Crippen LogP contribution in [0.25, 0.3) is 0 Å². The summed E-state index contributed by atoms with van der Waals surface area (Å²) in [5.74, 6) is -0.422. The van der Waals surface area contributed by atoms with Crippen molar-refractivity contribution in [1.29, 1.82) is 0 Å². The summed E-state index contributed by atoms with van der Waals surface area (Å²) in [5, 5.41) is 0. The van der Waals surface area contributed by atoms with E-state index in [1.807, 2.05) is 0 Å². The third kappa shape index (κ3) is 4.09. The second kappa shape index (κ2) is 7.11. The highest BCUT2D eigenvalue weighted by Crippen LogP contribution is 2.25. The number of pyridine rings is 1. The molecule has 3 aromatic rings. The van der Waals surface area contributed by atoms with Crippen molar-refractivity contribution >= 4 is 21.4 Å². The highest BCUT2D eigenvalue weighted by molar-refractivity contribution is 7.92. The number of methoxy groups -OCH3 is 1. The third-order valence-electron chi connectivity index (χ3n) is 3.08. The van der Waals surface area contributed by atoms with Crippen molar-refractivity contribution in [2.24, 2.45) is 0 Å². The Labute approximate surface area is 147 Å². The summed E-state index contributed by atoms with van der Waals surface area (Å²) in [7, 11) is -2.26. The summed E-state index contributed by atoms with van der Waals surface area (Å²) in [6.45, 7) is 0. The first kappa shape index (κ1) is 17.2. The largest absolute Gasteiger partial charge is 0.466 e. The number of nitrogens with zero attached hydrogens (tertiary/aromatic N) is 3. The molecule has 0 saturated carbocycles. The number of hydrogen-bond acceptors (Lipinski definition) is 8. The number of halogens is 1. The molecule has 2 aromatic heterocycles. The number of sulfone groups is 1. The fourth-order valence-electron chi connectivity index (χ4n) is 1.91. The van der Waals surface area contributed by atoms with Crippen LogP contribution >= 0.6 is 11.5 Å². The molecule has 130 valence electrons. The SMILES string of the molecule is COc1nsc(S(=O)(=O)Cc2ccc(Oc3cnccc3F)cc2)n1. The van der Waals surface area contributed by atoms with E-state index in [-0.39, 0.29) is 21.9 Å². The minimum absolute atomic E-state index is 0.0103. The van der Waals surface area contributed by atoms with Crippen LogP contribution in [0.4, 0.5) is 4.39 Å². The first-order valence-electron chi connectivity index (χ1n) is 6.95. The standard InChI is InChI=1S/C15H12FN3O4S2/c1-22-14-18-15(24-19-14)25(20,21)9-10-2-4-11(5-3-10)23-13-8-17-7-6-12(13)16/h2-8H,9H2,1H3. The van der Waals surface area contributed by atoms with E-state index >= 15 is 0 Å². The van der Waals surface area contributed by atoms with Crippen LogP contribution in [0.5, 0.6) is 17.5 Å². The van der Waals surface area contributed by atoms with Crippen molar-refractivity contribution in [3.63, 3.8) is 0 Å². The first-order chi connectivity index (χ1) is 12.0. The lowest BCUT2D eigenvalue weighted by Crippen LogP contribution is -2.04. The highest BCUT2D eigenvalue weighted by Gasteiger charge is 2.21. The Hall–Kier alpha value is -2.59. The van der Waals surface area contributed by atoms with Crippen LogP contribution in [0, 0.1) is 5.82 Å². The van der Waals surface area contributed by atoms with Crippen molar-refractivity contribution in [3.05, 3.63) is 54.1 Å². The summed E-state index contributed by atoms with van der Waals surface area (Å²) in [4.78, 5) is 7.59. The lowest BCUT2D eigenvalue weighted by Gasteiger charge is -2.07. The molecule has 0 amide bonds. The highest BCUT2D eigenvalue weighted by atomic mass is 32.2. The smallest absolute Gasteiger partial charge is 0.329 e. The second-order valence-electron chi connectivity index (χ2n) is 4.86. The van der Waals surface area contributed by atoms with Crippen molar-refractivity contribution in [2.75, 3.05) is 7.11 Å². The Bertz CT molecular complexity index is 974. The fourth-order valence-corrected chi connectivity index (χ4v) is 4.01. The van der Waals surface area contributed by atoms with Gasteiger partial charge in [0.15, 0.2) is 11.6 Å². The molecule has 0 N–H and O–H groups in total. The Morgan fingerprint density at radius 2 is 1.96 bits per heavy atom. The fraction of sp³-hybridized carbons (Fsp3) is 0.133. The van der Waals surface area contributed by atoms with E-state index in [9.17, 15) is 12.8 Å². The predicted octanol–water partition coefficient (Wildman–Crippen LogP) is 2.85. The summed E-state index contributed by atoms with van der Waals surface area (Å²) >= 11 is 0.759. The molecule has 3 rings (SSSR count). The second-order valence-corrected chi connectivity index (χ2v) is 7.77. The maximum absolute atomic E-state index is 13.5. The van der Waals surface area contributed by atoms with Gasteiger partial charge in [0.1, 0.15) is 5.75 Å². The van der Waals surface area contributed by atoms with E-state index in [4.69, 9.17) is 9.47 Å². The van der Waals surface area contributed by atoms with Crippen molar-refractivity contribution in [1.82, 2.24) is 14.3 Å². The molecule has 10 heteroatoms. The molecule has 2 heterocycles. The van der Waals surface area contributed by atoms with E-state index in [1.165, 1.54) is 25.6 Å². The molecule has 0 bridgehead atoms. The maximum Gasteiger partial charge on any atom is 0.329 e. The summed E-state index contributed by atoms with van der Waals surface area (Å²) in [6.07, 6.45) is 2.58. The molecule has 25 heavy (non-hydrogen) atoms. The van der Waals surface area contributed by atoms with Crippen LogP contribution in [-0.2, 0) is 15.6 Å². The molecule has 1 aromatic carbocycles. The minimum atomic E-state index is -3.63. The molecule has 0 saturated heterocycles. The Morgan fingerprint density at radius 1 is 1.20 bits per heavy atom. The van der Waals surface area contributed by atoms with E-state index < -0.39 is 15.7 Å². The topological polar surface area (TPSA) is 91.3 Å². The van der Waals surface area contributed by atoms with Gasteiger partial charge in [-0.25, -0.2) is 12.8 Å². The third-order valence-corrected chi connectivity index (χ3v) is 5.90. The maximum atomic E-state index is 13.5. The van der Waals surface area contributed by atoms with Crippen LogP contribution < -0.4 is 9.47 Å². The van der Waals surface area contributed by atoms with Crippen LogP contribution in [-0.4, -0.2) is 29.9 Å². The molecule has 0 unspecified atom stereocenters. The zero-order valence-corrected chi connectivity index (χ0v) is 14.6.